The molecule has 0 atom stereocenters. The lowest BCUT2D eigenvalue weighted by molar-refractivity contribution is 0.0482. The van der Waals surface area contributed by atoms with Crippen LogP contribution in [0.4, 0.5) is 4.79 Å². The third-order valence-corrected chi connectivity index (χ3v) is 2.30. The normalized spacial score (nSPS) is 10.9. The van der Waals surface area contributed by atoms with E-state index in [4.69, 9.17) is 9.47 Å². The number of ether oxygens (including phenoxy) is 2. The maximum atomic E-state index is 12.0. The molecular weight excluding hydrogens is 246 g/mol. The number of allylic oxidation sites excluding steroid dienone is 1. The zero-order valence-electron chi connectivity index (χ0n) is 11.7. The van der Waals surface area contributed by atoms with Crippen LogP contribution in [0.25, 0.3) is 0 Å². The Kier molecular flexibility index (Phi) is 4.53. The fraction of sp³-hybridized carbons (Fsp3) is 0.429. The fourth-order valence-corrected chi connectivity index (χ4v) is 1.58. The molecule has 0 aliphatic rings. The number of carbonyl (C=O) groups excluding carboxylic acids is 2. The SMILES string of the molecule is C=CCc1ccn(C(=O)OC(C)(C)C)c1C(=O)OC. The number of rotatable bonds is 3. The first kappa shape index (κ1) is 15.0. The molecule has 0 radical (unpaired) electrons. The van der Waals surface area contributed by atoms with Gasteiger partial charge >= 0.3 is 12.1 Å². The standard InChI is InChI=1S/C14H19NO4/c1-6-7-10-8-9-15(11(10)12(16)18-5)13(17)19-14(2,3)4/h6,8-9H,1,7H2,2-5H3. The van der Waals surface area contributed by atoms with Gasteiger partial charge in [0.1, 0.15) is 11.3 Å². The van der Waals surface area contributed by atoms with Crippen LogP contribution in [0.3, 0.4) is 0 Å². The summed E-state index contributed by atoms with van der Waals surface area (Å²) >= 11 is 0. The maximum absolute atomic E-state index is 12.0. The van der Waals surface area contributed by atoms with Crippen molar-refractivity contribution in [3.05, 3.63) is 36.2 Å². The van der Waals surface area contributed by atoms with Crippen molar-refractivity contribution in [3.8, 4) is 0 Å². The van der Waals surface area contributed by atoms with E-state index >= 15 is 0 Å². The molecule has 1 rings (SSSR count). The van der Waals surface area contributed by atoms with Crippen LogP contribution in [0.2, 0.25) is 0 Å². The van der Waals surface area contributed by atoms with Crippen LogP contribution >= 0.6 is 0 Å². The molecule has 5 heteroatoms. The van der Waals surface area contributed by atoms with Crippen LogP contribution in [-0.2, 0) is 15.9 Å². The van der Waals surface area contributed by atoms with E-state index in [2.05, 4.69) is 6.58 Å². The summed E-state index contributed by atoms with van der Waals surface area (Å²) in [6.07, 6.45) is 3.02. The minimum Gasteiger partial charge on any atom is -0.464 e. The van der Waals surface area contributed by atoms with Gasteiger partial charge < -0.3 is 9.47 Å². The Morgan fingerprint density at radius 1 is 1.42 bits per heavy atom. The molecule has 0 aromatic carbocycles. The highest BCUT2D eigenvalue weighted by Crippen LogP contribution is 2.17. The fourth-order valence-electron chi connectivity index (χ4n) is 1.58. The zero-order valence-corrected chi connectivity index (χ0v) is 11.7. The highest BCUT2D eigenvalue weighted by molar-refractivity contribution is 5.93. The number of methoxy groups -OCH3 is 1. The van der Waals surface area contributed by atoms with Gasteiger partial charge in [0.2, 0.25) is 0 Å². The van der Waals surface area contributed by atoms with Crippen molar-refractivity contribution in [2.75, 3.05) is 7.11 Å². The number of carbonyl (C=O) groups is 2. The van der Waals surface area contributed by atoms with Gasteiger partial charge in [-0.15, -0.1) is 6.58 Å². The molecule has 1 heterocycles. The van der Waals surface area contributed by atoms with Crippen LogP contribution in [0.5, 0.6) is 0 Å². The van der Waals surface area contributed by atoms with Gasteiger partial charge in [-0.1, -0.05) is 6.08 Å². The quantitative estimate of drug-likeness (QED) is 0.623. The number of aromatic nitrogens is 1. The first-order valence-electron chi connectivity index (χ1n) is 5.93. The summed E-state index contributed by atoms with van der Waals surface area (Å²) in [7, 11) is 1.27. The second kappa shape index (κ2) is 5.73. The average molecular weight is 265 g/mol. The van der Waals surface area contributed by atoms with E-state index in [1.165, 1.54) is 13.3 Å². The van der Waals surface area contributed by atoms with E-state index in [1.54, 1.807) is 32.9 Å². The molecule has 0 saturated carbocycles. The Labute approximate surface area is 112 Å². The third-order valence-electron chi connectivity index (χ3n) is 2.30. The van der Waals surface area contributed by atoms with Crippen molar-refractivity contribution in [1.29, 1.82) is 0 Å². The highest BCUT2D eigenvalue weighted by atomic mass is 16.6. The summed E-state index contributed by atoms with van der Waals surface area (Å²) < 4.78 is 11.1. The van der Waals surface area contributed by atoms with E-state index in [9.17, 15) is 9.59 Å². The number of hydrogen-bond acceptors (Lipinski definition) is 4. The van der Waals surface area contributed by atoms with E-state index in [1.807, 2.05) is 0 Å². The predicted molar refractivity (Wildman–Crippen MR) is 71.3 cm³/mol. The van der Waals surface area contributed by atoms with E-state index in [0.29, 0.717) is 12.0 Å². The zero-order chi connectivity index (χ0) is 14.6. The second-order valence-corrected chi connectivity index (χ2v) is 5.02. The molecule has 1 aromatic rings. The molecule has 0 bridgehead atoms. The molecule has 0 aliphatic carbocycles. The smallest absolute Gasteiger partial charge is 0.419 e. The van der Waals surface area contributed by atoms with Gasteiger partial charge in [0.05, 0.1) is 7.11 Å². The summed E-state index contributed by atoms with van der Waals surface area (Å²) in [5.41, 5.74) is 0.220. The summed E-state index contributed by atoms with van der Waals surface area (Å²) in [5, 5.41) is 0. The molecule has 1 aromatic heterocycles. The summed E-state index contributed by atoms with van der Waals surface area (Å²) in [6.45, 7) is 8.90. The van der Waals surface area contributed by atoms with Crippen molar-refractivity contribution >= 4 is 12.1 Å². The molecular formula is C14H19NO4. The Morgan fingerprint density at radius 2 is 2.05 bits per heavy atom. The maximum Gasteiger partial charge on any atom is 0.419 e. The Balaban J connectivity index is 3.17. The first-order valence-corrected chi connectivity index (χ1v) is 5.93. The molecule has 104 valence electrons. The van der Waals surface area contributed by atoms with Gasteiger partial charge in [-0.2, -0.15) is 0 Å². The molecule has 0 amide bonds. The van der Waals surface area contributed by atoms with E-state index in [0.717, 1.165) is 4.57 Å². The van der Waals surface area contributed by atoms with Crippen LogP contribution in [0.15, 0.2) is 24.9 Å². The van der Waals surface area contributed by atoms with Crippen LogP contribution in [0, 0.1) is 0 Å². The van der Waals surface area contributed by atoms with Crippen molar-refractivity contribution < 1.29 is 19.1 Å². The van der Waals surface area contributed by atoms with Gasteiger partial charge in [0, 0.05) is 6.20 Å². The molecule has 19 heavy (non-hydrogen) atoms. The van der Waals surface area contributed by atoms with Gasteiger partial charge in [-0.3, -0.25) is 0 Å². The second-order valence-electron chi connectivity index (χ2n) is 5.02. The highest BCUT2D eigenvalue weighted by Gasteiger charge is 2.24. The van der Waals surface area contributed by atoms with Crippen LogP contribution in [0.1, 0.15) is 36.8 Å². The summed E-state index contributed by atoms with van der Waals surface area (Å²) in [4.78, 5) is 23.8. The van der Waals surface area contributed by atoms with Crippen LogP contribution < -0.4 is 0 Å². The van der Waals surface area contributed by atoms with Crippen LogP contribution in [-0.4, -0.2) is 29.3 Å². The Bertz CT molecular complexity index is 494. The van der Waals surface area contributed by atoms with Gasteiger partial charge in [0.15, 0.2) is 0 Å². The minimum atomic E-state index is -0.632. The van der Waals surface area contributed by atoms with Crippen molar-refractivity contribution in [3.63, 3.8) is 0 Å². The topological polar surface area (TPSA) is 57.5 Å². The molecule has 0 unspecified atom stereocenters. The molecule has 0 fully saturated rings. The minimum absolute atomic E-state index is 0.177. The number of nitrogens with zero attached hydrogens (tertiary/aromatic N) is 1. The third kappa shape index (κ3) is 3.71. The molecule has 5 nitrogen and oxygen atoms in total. The lowest BCUT2D eigenvalue weighted by Crippen LogP contribution is -2.29. The monoisotopic (exact) mass is 265 g/mol. The summed E-state index contributed by atoms with van der Waals surface area (Å²) in [6, 6.07) is 1.68. The predicted octanol–water partition coefficient (Wildman–Crippen LogP) is 2.79. The molecule has 0 spiro atoms. The van der Waals surface area contributed by atoms with E-state index in [-0.39, 0.29) is 5.69 Å². The van der Waals surface area contributed by atoms with Crippen molar-refractivity contribution in [2.45, 2.75) is 32.8 Å². The van der Waals surface area contributed by atoms with Crippen molar-refractivity contribution in [1.82, 2.24) is 4.57 Å². The van der Waals surface area contributed by atoms with Gasteiger partial charge in [-0.25, -0.2) is 14.2 Å². The number of esters is 1. The average Bonchev–Trinajstić information content (AvgIpc) is 2.70. The summed E-state index contributed by atoms with van der Waals surface area (Å²) in [5.74, 6) is -0.576. The Morgan fingerprint density at radius 3 is 2.53 bits per heavy atom. The van der Waals surface area contributed by atoms with E-state index < -0.39 is 17.7 Å². The largest absolute Gasteiger partial charge is 0.464 e. The van der Waals surface area contributed by atoms with Crippen molar-refractivity contribution in [2.24, 2.45) is 0 Å². The molecule has 0 N–H and O–H groups in total. The lowest BCUT2D eigenvalue weighted by atomic mass is 10.2. The Hall–Kier alpha value is -2.04. The van der Waals surface area contributed by atoms with Gasteiger partial charge in [0.25, 0.3) is 0 Å². The molecule has 0 aliphatic heterocycles. The number of hydrogen-bond donors (Lipinski definition) is 0. The van der Waals surface area contributed by atoms with Gasteiger partial charge in [-0.05, 0) is 38.8 Å². The molecule has 0 saturated heterocycles. The first-order chi connectivity index (χ1) is 8.80. The lowest BCUT2D eigenvalue weighted by Gasteiger charge is -2.20.